The second kappa shape index (κ2) is 16.8. The van der Waals surface area contributed by atoms with E-state index in [9.17, 15) is 14.4 Å². The van der Waals surface area contributed by atoms with Crippen LogP contribution < -0.4 is 20.8 Å². The Bertz CT molecular complexity index is 2070. The molecule has 4 aromatic rings. The van der Waals surface area contributed by atoms with Crippen LogP contribution in [0.3, 0.4) is 0 Å². The summed E-state index contributed by atoms with van der Waals surface area (Å²) in [5, 5.41) is 2.44. The fraction of sp³-hybridized carbons (Fsp3) is 0.326. The molecule has 9 nitrogen and oxygen atoms in total. The van der Waals surface area contributed by atoms with Gasteiger partial charge in [0.25, 0.3) is 0 Å². The van der Waals surface area contributed by atoms with Crippen LogP contribution in [0.5, 0.6) is 0 Å². The van der Waals surface area contributed by atoms with Gasteiger partial charge in [-0.3, -0.25) is 14.5 Å². The highest BCUT2D eigenvalue weighted by Crippen LogP contribution is 2.51. The van der Waals surface area contributed by atoms with Gasteiger partial charge < -0.3 is 19.0 Å². The number of ether oxygens (including phenoxy) is 1. The van der Waals surface area contributed by atoms with Gasteiger partial charge in [0.15, 0.2) is 14.1 Å². The summed E-state index contributed by atoms with van der Waals surface area (Å²) >= 11 is 0. The second-order valence-corrected chi connectivity index (χ2v) is 24.4. The number of ketones is 1. The maximum atomic E-state index is 15.2. The number of anilines is 1. The first kappa shape index (κ1) is 41.6. The van der Waals surface area contributed by atoms with Crippen molar-refractivity contribution in [3.8, 4) is 0 Å². The van der Waals surface area contributed by atoms with Crippen molar-refractivity contribution in [1.29, 1.82) is 0 Å². The van der Waals surface area contributed by atoms with Gasteiger partial charge in [-0.05, 0) is 65.2 Å². The van der Waals surface area contributed by atoms with Crippen LogP contribution in [0.2, 0.25) is 18.1 Å². The van der Waals surface area contributed by atoms with E-state index in [0.717, 1.165) is 15.9 Å². The summed E-state index contributed by atoms with van der Waals surface area (Å²) in [6.07, 6.45) is 0.900. The molecule has 0 saturated carbocycles. The maximum Gasteiger partial charge on any atom is 0.356 e. The Morgan fingerprint density at radius 2 is 1.35 bits per heavy atom. The number of hydrogen-bond donors (Lipinski definition) is 0. The van der Waals surface area contributed by atoms with Gasteiger partial charge in [0.05, 0.1) is 18.1 Å². The van der Waals surface area contributed by atoms with E-state index in [1.165, 1.54) is 6.08 Å². The Kier molecular flexibility index (Phi) is 12.3. The molecule has 0 bridgehead atoms. The number of carbonyl (C=O) groups is 4. The lowest BCUT2D eigenvalue weighted by atomic mass is 9.79. The number of likely N-dealkylation sites (N-methyl/N-ethyl adjacent to an activating group) is 1. The summed E-state index contributed by atoms with van der Waals surface area (Å²) in [6, 6.07) is 35.7. The number of benzene rings is 4. The molecule has 11 heteroatoms. The molecule has 0 radical (unpaired) electrons. The van der Waals surface area contributed by atoms with E-state index in [-0.39, 0.29) is 41.2 Å². The average Bonchev–Trinajstić information content (AvgIpc) is 3.54. The third-order valence-electron chi connectivity index (χ3n) is 11.7. The maximum absolute atomic E-state index is 15.2. The van der Waals surface area contributed by atoms with Crippen molar-refractivity contribution < 1.29 is 28.3 Å². The Morgan fingerprint density at radius 1 is 0.842 bits per heavy atom. The van der Waals surface area contributed by atoms with Crippen LogP contribution in [0.25, 0.3) is 0 Å². The summed E-state index contributed by atoms with van der Waals surface area (Å²) < 4.78 is 12.8. The molecule has 0 aromatic heterocycles. The second-order valence-electron chi connectivity index (χ2n) is 16.3. The van der Waals surface area contributed by atoms with E-state index >= 15 is 4.79 Å². The molecule has 3 amide bonds. The molecule has 0 N–H and O–H groups in total. The van der Waals surface area contributed by atoms with Crippen molar-refractivity contribution in [2.24, 2.45) is 5.92 Å². The number of urea groups is 1. The van der Waals surface area contributed by atoms with Gasteiger partial charge in [0.2, 0.25) is 5.91 Å². The molecule has 0 unspecified atom stereocenters. The van der Waals surface area contributed by atoms with Crippen LogP contribution >= 0.6 is 6.89 Å². The summed E-state index contributed by atoms with van der Waals surface area (Å²) in [4.78, 5) is 62.3. The molecular weight excluding hydrogens is 750 g/mol. The number of likely N-dealkylation sites (tertiary alicyclic amines) is 1. The predicted octanol–water partition coefficient (Wildman–Crippen LogP) is 7.22. The third-order valence-corrected chi connectivity index (χ3v) is 20.5. The summed E-state index contributed by atoms with van der Waals surface area (Å²) in [7, 11) is -0.618. The van der Waals surface area contributed by atoms with Crippen LogP contribution in [0.15, 0.2) is 128 Å². The molecular formula is C46H54N3O6PSi. The fourth-order valence-electron chi connectivity index (χ4n) is 7.66. The first-order chi connectivity index (χ1) is 27.1. The molecule has 2 heterocycles. The molecule has 2 aliphatic rings. The Morgan fingerprint density at radius 3 is 1.79 bits per heavy atom. The lowest BCUT2D eigenvalue weighted by Gasteiger charge is -2.53. The van der Waals surface area contributed by atoms with Gasteiger partial charge in [-0.25, -0.2) is 9.59 Å². The largest absolute Gasteiger partial charge is 0.457 e. The molecule has 2 aliphatic heterocycles. The third kappa shape index (κ3) is 7.96. The Hall–Kier alpha value is -5.02. The number of esters is 1. The summed E-state index contributed by atoms with van der Waals surface area (Å²) in [6.45, 7) is 14.4. The number of amides is 3. The molecule has 2 saturated heterocycles. The first-order valence-corrected chi connectivity index (χ1v) is 24.2. The molecule has 298 valence electrons. The zero-order valence-corrected chi connectivity index (χ0v) is 35.9. The minimum Gasteiger partial charge on any atom is -0.457 e. The topological polar surface area (TPSA) is 96.5 Å². The zero-order valence-electron chi connectivity index (χ0n) is 34.1. The summed E-state index contributed by atoms with van der Waals surface area (Å²) in [5.74, 6) is -1.85. The van der Waals surface area contributed by atoms with Crippen LogP contribution in [0.1, 0.15) is 44.5 Å². The van der Waals surface area contributed by atoms with E-state index in [0.29, 0.717) is 24.3 Å². The van der Waals surface area contributed by atoms with E-state index in [1.807, 2.05) is 97.9 Å². The number of Topliss-reactive ketones (excluding diaryl/α,β-unsaturated/α-hetero) is 1. The van der Waals surface area contributed by atoms with Gasteiger partial charge in [-0.1, -0.05) is 124 Å². The number of hydrogen-bond acceptors (Lipinski definition) is 6. The van der Waals surface area contributed by atoms with E-state index in [1.54, 1.807) is 46.0 Å². The smallest absolute Gasteiger partial charge is 0.356 e. The van der Waals surface area contributed by atoms with Crippen molar-refractivity contribution in [3.63, 3.8) is 0 Å². The predicted molar refractivity (Wildman–Crippen MR) is 234 cm³/mol. The van der Waals surface area contributed by atoms with Gasteiger partial charge in [-0.2, -0.15) is 0 Å². The van der Waals surface area contributed by atoms with Crippen molar-refractivity contribution in [2.45, 2.75) is 64.4 Å². The van der Waals surface area contributed by atoms with Crippen LogP contribution in [-0.4, -0.2) is 86.1 Å². The van der Waals surface area contributed by atoms with Gasteiger partial charge >= 0.3 is 12.0 Å². The molecule has 57 heavy (non-hydrogen) atoms. The lowest BCUT2D eigenvalue weighted by Crippen LogP contribution is -2.69. The van der Waals surface area contributed by atoms with Gasteiger partial charge in [0.1, 0.15) is 12.0 Å². The molecule has 0 spiro atoms. The Labute approximate surface area is 338 Å². The van der Waals surface area contributed by atoms with E-state index in [4.69, 9.17) is 9.16 Å². The molecule has 3 atom stereocenters. The number of β-lactam (4-membered cyclic amide) rings is 1. The van der Waals surface area contributed by atoms with Crippen LogP contribution in [-0.2, 0) is 18.8 Å². The lowest BCUT2D eigenvalue weighted by molar-refractivity contribution is -0.156. The Balaban J connectivity index is 1.57. The zero-order chi connectivity index (χ0) is 41.1. The average molecular weight is 804 g/mol. The summed E-state index contributed by atoms with van der Waals surface area (Å²) in [5.41, 5.74) is 1.36. The van der Waals surface area contributed by atoms with Crippen molar-refractivity contribution >= 4 is 65.9 Å². The van der Waals surface area contributed by atoms with Gasteiger partial charge in [0, 0.05) is 44.7 Å². The number of rotatable bonds is 14. The van der Waals surface area contributed by atoms with E-state index in [2.05, 4.69) is 40.4 Å². The highest BCUT2D eigenvalue weighted by Gasteiger charge is 2.57. The van der Waals surface area contributed by atoms with Crippen molar-refractivity contribution in [2.75, 3.05) is 31.6 Å². The standard InChI is InChI=1S/C46H54N3O6PSi/c1-9-31-54-44(52)43(56(36-19-13-10-14-20-36,37-21-15-11-16-22-37)38-23-17-12-18-24-38)49-39(41(42(49)51)33(2)55-57(7,8)46(3,4)5)32-40(50)34-25-27-35(28-26-34)48-30-29-47(6)45(48)53/h9-28,33,39,41H,1,29-32H2,2-8H3/t33-,39-,41-/m1/s1. The molecule has 6 rings (SSSR count). The SMILES string of the molecule is C=CCOC(=O)C(N1C(=O)[C@H]([C@@H](C)O[Si](C)(C)C(C)(C)C)[C@H]1CC(=O)c1ccc(N2CCN(C)C2=O)cc1)=P(c1ccccc1)(c1ccccc1)c1ccccc1. The number of nitrogens with zero attached hydrogens (tertiary/aromatic N) is 3. The highest BCUT2D eigenvalue weighted by molar-refractivity contribution is 7.96. The van der Waals surface area contributed by atoms with Gasteiger partial charge in [-0.15, -0.1) is 0 Å². The fourth-order valence-corrected chi connectivity index (χ4v) is 13.5. The van der Waals surface area contributed by atoms with E-state index < -0.39 is 39.2 Å². The van der Waals surface area contributed by atoms with Crippen molar-refractivity contribution in [3.05, 3.63) is 133 Å². The number of carbonyl (C=O) groups excluding carboxylic acids is 4. The van der Waals surface area contributed by atoms with Crippen molar-refractivity contribution in [1.82, 2.24) is 9.80 Å². The first-order valence-electron chi connectivity index (χ1n) is 19.5. The highest BCUT2D eigenvalue weighted by atomic mass is 31.2. The molecule has 4 aromatic carbocycles. The van der Waals surface area contributed by atoms with Crippen LogP contribution in [0, 0.1) is 5.92 Å². The molecule has 0 aliphatic carbocycles. The minimum atomic E-state index is -3.20. The molecule has 2 fully saturated rings. The quantitative estimate of drug-likeness (QED) is 0.0334. The normalized spacial score (nSPS) is 17.9. The van der Waals surface area contributed by atoms with Crippen LogP contribution in [0.4, 0.5) is 10.5 Å². The monoisotopic (exact) mass is 803 g/mol. The minimum absolute atomic E-state index is 0.0665.